The van der Waals surface area contributed by atoms with Gasteiger partial charge in [-0.1, -0.05) is 6.07 Å². The number of nitrogens with two attached hydrogens (primary N) is 1. The lowest BCUT2D eigenvalue weighted by molar-refractivity contribution is -0.384. The number of aryl methyl sites for hydroxylation is 1. The Hall–Kier alpha value is -1.49. The van der Waals surface area contributed by atoms with Crippen LogP contribution in [0, 0.1) is 17.0 Å². The molecule has 76 valence electrons. The summed E-state index contributed by atoms with van der Waals surface area (Å²) in [6.07, 6.45) is 0. The molecule has 0 aliphatic heterocycles. The van der Waals surface area contributed by atoms with Crippen LogP contribution < -0.4 is 5.73 Å². The molecule has 5 heteroatoms. The normalized spacial score (nSPS) is 12.5. The maximum atomic E-state index is 12.3. The van der Waals surface area contributed by atoms with Gasteiger partial charge in [0.15, 0.2) is 0 Å². The van der Waals surface area contributed by atoms with E-state index in [4.69, 9.17) is 5.73 Å². The van der Waals surface area contributed by atoms with Gasteiger partial charge in [-0.05, 0) is 18.1 Å². The van der Waals surface area contributed by atoms with E-state index < -0.39 is 17.6 Å². The molecule has 0 spiro atoms. The van der Waals surface area contributed by atoms with E-state index in [1.165, 1.54) is 12.1 Å². The van der Waals surface area contributed by atoms with Gasteiger partial charge in [-0.15, -0.1) is 0 Å². The molecule has 0 saturated heterocycles. The summed E-state index contributed by atoms with van der Waals surface area (Å²) in [5, 5.41) is 10.4. The van der Waals surface area contributed by atoms with Crippen LogP contribution in [0.2, 0.25) is 0 Å². The van der Waals surface area contributed by atoms with Gasteiger partial charge in [0.2, 0.25) is 0 Å². The Morgan fingerprint density at radius 3 is 2.79 bits per heavy atom. The van der Waals surface area contributed by atoms with Gasteiger partial charge in [-0.25, -0.2) is 4.39 Å². The Morgan fingerprint density at radius 2 is 2.29 bits per heavy atom. The maximum absolute atomic E-state index is 12.3. The van der Waals surface area contributed by atoms with Crippen LogP contribution in [0.1, 0.15) is 17.2 Å². The zero-order valence-electron chi connectivity index (χ0n) is 7.74. The average Bonchev–Trinajstić information content (AvgIpc) is 2.17. The van der Waals surface area contributed by atoms with E-state index in [9.17, 15) is 14.5 Å². The first-order valence-electron chi connectivity index (χ1n) is 4.12. The number of halogens is 1. The summed E-state index contributed by atoms with van der Waals surface area (Å²) >= 11 is 0. The Labute approximate surface area is 80.7 Å². The largest absolute Gasteiger partial charge is 0.322 e. The second kappa shape index (κ2) is 4.15. The van der Waals surface area contributed by atoms with Crippen molar-refractivity contribution in [1.82, 2.24) is 0 Å². The summed E-state index contributed by atoms with van der Waals surface area (Å²) in [7, 11) is 0. The quantitative estimate of drug-likeness (QED) is 0.595. The molecule has 0 amide bonds. The summed E-state index contributed by atoms with van der Waals surface area (Å²) in [5.74, 6) is 0. The molecular weight excluding hydrogens is 187 g/mol. The Bertz CT molecular complexity index is 355. The van der Waals surface area contributed by atoms with Crippen molar-refractivity contribution in [3.8, 4) is 0 Å². The van der Waals surface area contributed by atoms with Crippen molar-refractivity contribution in [1.29, 1.82) is 0 Å². The summed E-state index contributed by atoms with van der Waals surface area (Å²) in [4.78, 5) is 9.93. The molecule has 1 atom stereocenters. The van der Waals surface area contributed by atoms with Gasteiger partial charge in [-0.2, -0.15) is 0 Å². The van der Waals surface area contributed by atoms with Gasteiger partial charge in [0.1, 0.15) is 6.67 Å². The van der Waals surface area contributed by atoms with Crippen LogP contribution in [0.15, 0.2) is 18.2 Å². The lowest BCUT2D eigenvalue weighted by Crippen LogP contribution is -2.13. The fourth-order valence-electron chi connectivity index (χ4n) is 1.22. The number of nitro benzene ring substituents is 1. The molecule has 0 fully saturated rings. The average molecular weight is 198 g/mol. The molecule has 0 heterocycles. The number of rotatable bonds is 3. The number of nitro groups is 1. The van der Waals surface area contributed by atoms with E-state index in [2.05, 4.69) is 0 Å². The van der Waals surface area contributed by atoms with Gasteiger partial charge in [0.05, 0.1) is 11.0 Å². The lowest BCUT2D eigenvalue weighted by Gasteiger charge is -2.10. The Balaban J connectivity index is 3.14. The van der Waals surface area contributed by atoms with E-state index >= 15 is 0 Å². The third-order valence-electron chi connectivity index (χ3n) is 2.04. The zero-order valence-corrected chi connectivity index (χ0v) is 7.74. The summed E-state index contributed by atoms with van der Waals surface area (Å²) < 4.78 is 12.3. The Morgan fingerprint density at radius 1 is 1.64 bits per heavy atom. The third-order valence-corrected chi connectivity index (χ3v) is 2.04. The minimum atomic E-state index is -0.783. The van der Waals surface area contributed by atoms with Crippen LogP contribution in [-0.2, 0) is 0 Å². The van der Waals surface area contributed by atoms with Crippen LogP contribution in [0.25, 0.3) is 0 Å². The first kappa shape index (κ1) is 10.6. The fraction of sp³-hybridized carbons (Fsp3) is 0.333. The number of benzene rings is 1. The van der Waals surface area contributed by atoms with Crippen molar-refractivity contribution in [2.45, 2.75) is 13.0 Å². The molecule has 0 radical (unpaired) electrons. The van der Waals surface area contributed by atoms with E-state index in [1.807, 2.05) is 0 Å². The van der Waals surface area contributed by atoms with Gasteiger partial charge < -0.3 is 5.73 Å². The summed E-state index contributed by atoms with van der Waals surface area (Å²) in [6, 6.07) is 3.49. The molecule has 0 aliphatic carbocycles. The standard InChI is InChI=1S/C9H11FN2O2/c1-6-2-3-7(12(13)14)4-8(6)9(11)5-10/h2-4,9H,5,11H2,1H3/t9-/m1/s1. The van der Waals surface area contributed by atoms with Crippen LogP contribution in [0.5, 0.6) is 0 Å². The van der Waals surface area contributed by atoms with Crippen LogP contribution in [-0.4, -0.2) is 11.6 Å². The SMILES string of the molecule is Cc1ccc([N+](=O)[O-])cc1[C@H](N)CF. The minimum absolute atomic E-state index is 0.0606. The van der Waals surface area contributed by atoms with E-state index in [1.54, 1.807) is 13.0 Å². The highest BCUT2D eigenvalue weighted by Crippen LogP contribution is 2.21. The predicted molar refractivity (Wildman–Crippen MR) is 50.7 cm³/mol. The molecule has 1 aromatic rings. The smallest absolute Gasteiger partial charge is 0.269 e. The highest BCUT2D eigenvalue weighted by molar-refractivity contribution is 5.40. The predicted octanol–water partition coefficient (Wildman–Crippen LogP) is 1.87. The van der Waals surface area contributed by atoms with Crippen LogP contribution in [0.4, 0.5) is 10.1 Å². The monoisotopic (exact) mass is 198 g/mol. The number of hydrogen-bond donors (Lipinski definition) is 1. The molecule has 2 N–H and O–H groups in total. The number of nitrogens with zero attached hydrogens (tertiary/aromatic N) is 1. The van der Waals surface area contributed by atoms with Gasteiger partial charge >= 0.3 is 0 Å². The van der Waals surface area contributed by atoms with Gasteiger partial charge in [-0.3, -0.25) is 10.1 Å². The molecule has 1 aromatic carbocycles. The lowest BCUT2D eigenvalue weighted by atomic mass is 10.0. The first-order valence-corrected chi connectivity index (χ1v) is 4.12. The highest BCUT2D eigenvalue weighted by Gasteiger charge is 2.13. The second-order valence-electron chi connectivity index (χ2n) is 3.06. The van der Waals surface area contributed by atoms with E-state index in [-0.39, 0.29) is 5.69 Å². The van der Waals surface area contributed by atoms with Crippen molar-refractivity contribution >= 4 is 5.69 Å². The summed E-state index contributed by atoms with van der Waals surface area (Å²) in [5.41, 5.74) is 6.66. The molecule has 4 nitrogen and oxygen atoms in total. The molecule has 0 saturated carbocycles. The molecular formula is C9H11FN2O2. The fourth-order valence-corrected chi connectivity index (χ4v) is 1.22. The van der Waals surface area contributed by atoms with Crippen molar-refractivity contribution < 1.29 is 9.31 Å². The molecule has 0 bridgehead atoms. The zero-order chi connectivity index (χ0) is 10.7. The second-order valence-corrected chi connectivity index (χ2v) is 3.06. The minimum Gasteiger partial charge on any atom is -0.322 e. The molecule has 14 heavy (non-hydrogen) atoms. The highest BCUT2D eigenvalue weighted by atomic mass is 19.1. The maximum Gasteiger partial charge on any atom is 0.269 e. The molecule has 1 rings (SSSR count). The van der Waals surface area contributed by atoms with Crippen molar-refractivity contribution in [3.05, 3.63) is 39.4 Å². The first-order chi connectivity index (χ1) is 6.56. The van der Waals surface area contributed by atoms with Crippen molar-refractivity contribution in [2.24, 2.45) is 5.73 Å². The number of non-ortho nitro benzene ring substituents is 1. The van der Waals surface area contributed by atoms with Gasteiger partial charge in [0, 0.05) is 12.1 Å². The molecule has 0 unspecified atom stereocenters. The van der Waals surface area contributed by atoms with Crippen LogP contribution in [0.3, 0.4) is 0 Å². The molecule has 0 aliphatic rings. The van der Waals surface area contributed by atoms with E-state index in [0.29, 0.717) is 5.56 Å². The molecule has 0 aromatic heterocycles. The van der Waals surface area contributed by atoms with Crippen molar-refractivity contribution in [2.75, 3.05) is 6.67 Å². The van der Waals surface area contributed by atoms with E-state index in [0.717, 1.165) is 5.56 Å². The Kier molecular flexibility index (Phi) is 3.14. The summed E-state index contributed by atoms with van der Waals surface area (Å²) in [6.45, 7) is 1.02. The third kappa shape index (κ3) is 2.05. The topological polar surface area (TPSA) is 69.2 Å². The van der Waals surface area contributed by atoms with Crippen molar-refractivity contribution in [3.63, 3.8) is 0 Å². The number of alkyl halides is 1. The van der Waals surface area contributed by atoms with Crippen LogP contribution >= 0.6 is 0 Å². The van der Waals surface area contributed by atoms with Gasteiger partial charge in [0.25, 0.3) is 5.69 Å². The number of hydrogen-bond acceptors (Lipinski definition) is 3.